The average molecular weight is 1070 g/mol. The van der Waals surface area contributed by atoms with E-state index in [0.29, 0.717) is 48.1 Å². The Balaban J connectivity index is 0.783. The van der Waals surface area contributed by atoms with Gasteiger partial charge in [0, 0.05) is 11.8 Å². The predicted molar refractivity (Wildman–Crippen MR) is 321 cm³/mol. The van der Waals surface area contributed by atoms with E-state index >= 15 is 0 Å². The van der Waals surface area contributed by atoms with Crippen LogP contribution in [0.3, 0.4) is 0 Å². The van der Waals surface area contributed by atoms with Gasteiger partial charge >= 0.3 is 0 Å². The summed E-state index contributed by atoms with van der Waals surface area (Å²) in [4.78, 5) is 0. The zero-order valence-electron chi connectivity index (χ0n) is 50.2. The molecule has 13 fully saturated rings. The molecule has 0 aliphatic heterocycles. The van der Waals surface area contributed by atoms with Crippen LogP contribution in [0.15, 0.2) is 23.3 Å². The van der Waals surface area contributed by atoms with Crippen LogP contribution in [0.1, 0.15) is 295 Å². The van der Waals surface area contributed by atoms with Crippen LogP contribution >= 0.6 is 0 Å². The van der Waals surface area contributed by atoms with E-state index in [1.165, 1.54) is 270 Å². The van der Waals surface area contributed by atoms with Gasteiger partial charge in [-0.1, -0.05) is 152 Å². The standard InChI is InChI=1S/C74H120O4/c75-57-41-37-51(38-42-57)69(63-31-15-19-49-17-7-9-25-61(49)63)45-53-33-35-55(47-71(53)77-59-21-3-1-4-22-59)73-65-27-11-13-29-67(65)74(68-30-14-12-28-66(68)73)56-36-34-54(72(48-56)78-60-23-5-2-6-24-60)46-70(52-39-43-58(76)44-40-52)64-32-16-20-50-18-8-10-26-62(50)64/h45-46,49-68,71-76H,1-44,47-48H2. The summed E-state index contributed by atoms with van der Waals surface area (Å²) in [5.41, 5.74) is 3.82. The molecule has 0 amide bonds. The molecule has 16 atom stereocenters. The summed E-state index contributed by atoms with van der Waals surface area (Å²) >= 11 is 0. The largest absolute Gasteiger partial charge is 0.393 e. The third-order valence-electron chi connectivity index (χ3n) is 27.6. The monoisotopic (exact) mass is 1070 g/mol. The highest BCUT2D eigenvalue weighted by atomic mass is 16.5. The lowest BCUT2D eigenvalue weighted by molar-refractivity contribution is -0.144. The Labute approximate surface area is 479 Å². The van der Waals surface area contributed by atoms with Crippen molar-refractivity contribution in [3.63, 3.8) is 0 Å². The van der Waals surface area contributed by atoms with Crippen molar-refractivity contribution in [2.75, 3.05) is 0 Å². The third kappa shape index (κ3) is 12.7. The lowest BCUT2D eigenvalue weighted by Crippen LogP contribution is -2.55. The van der Waals surface area contributed by atoms with Gasteiger partial charge in [0.2, 0.25) is 0 Å². The van der Waals surface area contributed by atoms with E-state index < -0.39 is 0 Å². The van der Waals surface area contributed by atoms with Crippen LogP contribution in [0.25, 0.3) is 0 Å². The highest BCUT2D eigenvalue weighted by Crippen LogP contribution is 2.64. The Morgan fingerprint density at radius 2 is 0.615 bits per heavy atom. The minimum atomic E-state index is -0.0725. The molecule has 0 aromatic heterocycles. The van der Waals surface area contributed by atoms with Crippen molar-refractivity contribution in [3.05, 3.63) is 23.3 Å². The van der Waals surface area contributed by atoms with Gasteiger partial charge in [0.25, 0.3) is 0 Å². The molecule has 13 rings (SSSR count). The Kier molecular flexibility index (Phi) is 19.3. The van der Waals surface area contributed by atoms with E-state index in [-0.39, 0.29) is 12.2 Å². The van der Waals surface area contributed by atoms with Crippen molar-refractivity contribution in [1.82, 2.24) is 0 Å². The van der Waals surface area contributed by atoms with Crippen LogP contribution < -0.4 is 0 Å². The maximum Gasteiger partial charge on any atom is 0.0644 e. The van der Waals surface area contributed by atoms with Gasteiger partial charge in [-0.25, -0.2) is 0 Å². The van der Waals surface area contributed by atoms with Crippen molar-refractivity contribution in [1.29, 1.82) is 0 Å². The second-order valence-corrected chi connectivity index (χ2v) is 31.6. The molecule has 0 saturated heterocycles. The fraction of sp³-hybridized carbons (Fsp3) is 0.946. The number of aliphatic hydroxyl groups is 2. The van der Waals surface area contributed by atoms with E-state index in [1.807, 2.05) is 11.1 Å². The van der Waals surface area contributed by atoms with Crippen molar-refractivity contribution >= 4 is 0 Å². The van der Waals surface area contributed by atoms with Gasteiger partial charge in [0.05, 0.1) is 36.6 Å². The lowest BCUT2D eigenvalue weighted by Gasteiger charge is -2.61. The molecule has 4 heteroatoms. The van der Waals surface area contributed by atoms with Gasteiger partial charge in [-0.15, -0.1) is 0 Å². The van der Waals surface area contributed by atoms with Crippen molar-refractivity contribution in [3.8, 4) is 0 Å². The van der Waals surface area contributed by atoms with Crippen LogP contribution in [0.2, 0.25) is 0 Å². The highest BCUT2D eigenvalue weighted by Gasteiger charge is 2.57. The average Bonchev–Trinajstić information content (AvgIpc) is 3.66. The molecule has 0 aromatic carbocycles. The molecule has 0 aromatic rings. The molecular weight excluding hydrogens is 953 g/mol. The maximum absolute atomic E-state index is 10.8. The molecule has 0 heterocycles. The van der Waals surface area contributed by atoms with Crippen molar-refractivity contribution in [2.45, 2.75) is 332 Å². The number of rotatable bonds is 12. The van der Waals surface area contributed by atoms with Crippen LogP contribution in [0.5, 0.6) is 0 Å². The molecule has 0 bridgehead atoms. The fourth-order valence-corrected chi connectivity index (χ4v) is 24.1. The summed E-state index contributed by atoms with van der Waals surface area (Å²) in [5, 5.41) is 21.7. The van der Waals surface area contributed by atoms with Crippen LogP contribution in [-0.4, -0.2) is 46.8 Å². The zero-order valence-corrected chi connectivity index (χ0v) is 50.2. The topological polar surface area (TPSA) is 58.9 Å². The summed E-state index contributed by atoms with van der Waals surface area (Å²) in [6, 6.07) is 0. The molecule has 440 valence electrons. The van der Waals surface area contributed by atoms with E-state index in [1.54, 1.807) is 0 Å². The Morgan fingerprint density at radius 1 is 0.282 bits per heavy atom. The first-order valence-electron chi connectivity index (χ1n) is 36.6. The van der Waals surface area contributed by atoms with Gasteiger partial charge in [-0.05, 0) is 262 Å². The Morgan fingerprint density at radius 3 is 1.00 bits per heavy atom. The molecule has 13 aliphatic carbocycles. The maximum atomic E-state index is 10.8. The number of allylic oxidation sites excluding steroid dienone is 2. The van der Waals surface area contributed by atoms with E-state index in [0.717, 1.165) is 109 Å². The first-order chi connectivity index (χ1) is 38.5. The van der Waals surface area contributed by atoms with Gasteiger partial charge in [0.1, 0.15) is 0 Å². The number of fused-ring (bicyclic) bond motifs is 4. The van der Waals surface area contributed by atoms with Gasteiger partial charge in [-0.2, -0.15) is 0 Å². The SMILES string of the molecule is OC1CCC(C(=CC2CCC(C3C4CCCCC4C(C4CCC(C=C(C5CCC(O)CC5)C5CCCC6CCCCC65)C(OC5CCCCC5)C4)C4CCCCC43)CC2OC2CCCCC2)C2CCCC3CCCCC32)CC1. The zero-order chi connectivity index (χ0) is 52.4. The quantitative estimate of drug-likeness (QED) is 0.191. The van der Waals surface area contributed by atoms with E-state index in [4.69, 9.17) is 9.47 Å². The minimum Gasteiger partial charge on any atom is -0.393 e. The summed E-state index contributed by atoms with van der Waals surface area (Å²) in [6.07, 6.45) is 71.1. The predicted octanol–water partition coefficient (Wildman–Crippen LogP) is 19.3. The Bertz CT molecular complexity index is 1750. The van der Waals surface area contributed by atoms with Gasteiger partial charge in [0.15, 0.2) is 0 Å². The number of ether oxygens (including phenoxy) is 2. The first-order valence-corrected chi connectivity index (χ1v) is 36.6. The van der Waals surface area contributed by atoms with E-state index in [2.05, 4.69) is 12.2 Å². The van der Waals surface area contributed by atoms with Crippen LogP contribution in [0.4, 0.5) is 0 Å². The van der Waals surface area contributed by atoms with Gasteiger partial charge < -0.3 is 19.7 Å². The molecule has 13 aliphatic rings. The molecule has 78 heavy (non-hydrogen) atoms. The smallest absolute Gasteiger partial charge is 0.0644 e. The van der Waals surface area contributed by atoms with E-state index in [9.17, 15) is 10.2 Å². The molecule has 16 unspecified atom stereocenters. The lowest BCUT2D eigenvalue weighted by atomic mass is 9.45. The van der Waals surface area contributed by atoms with Crippen molar-refractivity contribution in [2.24, 2.45) is 107 Å². The molecule has 0 spiro atoms. The summed E-state index contributed by atoms with van der Waals surface area (Å²) in [7, 11) is 0. The van der Waals surface area contributed by atoms with Gasteiger partial charge in [-0.3, -0.25) is 0 Å². The Hall–Kier alpha value is -0.680. The second kappa shape index (κ2) is 26.7. The van der Waals surface area contributed by atoms with Crippen molar-refractivity contribution < 1.29 is 19.7 Å². The number of aliphatic hydroxyl groups excluding tert-OH is 2. The summed E-state index contributed by atoms with van der Waals surface area (Å²) in [6.45, 7) is 0. The van der Waals surface area contributed by atoms with Crippen LogP contribution in [0, 0.1) is 107 Å². The normalized spacial score (nSPS) is 47.7. The molecule has 13 saturated carbocycles. The first kappa shape index (κ1) is 56.5. The van der Waals surface area contributed by atoms with Crippen LogP contribution in [-0.2, 0) is 9.47 Å². The molecule has 4 nitrogen and oxygen atoms in total. The number of hydrogen-bond acceptors (Lipinski definition) is 4. The fourth-order valence-electron chi connectivity index (χ4n) is 24.1. The minimum absolute atomic E-state index is 0.0725. The molecule has 0 radical (unpaired) electrons. The number of hydrogen-bond donors (Lipinski definition) is 2. The molecular formula is C74H120O4. The second-order valence-electron chi connectivity index (χ2n) is 31.6. The molecule has 2 N–H and O–H groups in total. The summed E-state index contributed by atoms with van der Waals surface area (Å²) < 4.78 is 15.5. The third-order valence-corrected chi connectivity index (χ3v) is 27.6. The summed E-state index contributed by atoms with van der Waals surface area (Å²) in [5.74, 6) is 15.2. The highest BCUT2D eigenvalue weighted by molar-refractivity contribution is 5.21.